The van der Waals surface area contributed by atoms with Gasteiger partial charge >= 0.3 is 0 Å². The van der Waals surface area contributed by atoms with Crippen LogP contribution in [-0.4, -0.2) is 0 Å². The summed E-state index contributed by atoms with van der Waals surface area (Å²) < 4.78 is 13.9. The summed E-state index contributed by atoms with van der Waals surface area (Å²) in [6.07, 6.45) is 0. The highest BCUT2D eigenvalue weighted by atomic mass is 31.1. The van der Waals surface area contributed by atoms with Crippen LogP contribution in [0.1, 0.15) is 116 Å². The zero-order chi connectivity index (χ0) is 39.4. The lowest BCUT2D eigenvalue weighted by Gasteiger charge is -2.33. The molecule has 0 radical (unpaired) electrons. The first-order valence-corrected chi connectivity index (χ1v) is 21.2. The molecule has 0 aliphatic carbocycles. The van der Waals surface area contributed by atoms with Crippen LogP contribution in [0.15, 0.2) is 97.1 Å². The Bertz CT molecular complexity index is 2170. The zero-order valence-electron chi connectivity index (χ0n) is 35.1. The zero-order valence-corrected chi connectivity index (χ0v) is 37.1. The van der Waals surface area contributed by atoms with Gasteiger partial charge in [0.2, 0.25) is 0 Å². The van der Waals surface area contributed by atoms with Crippen molar-refractivity contribution in [2.75, 3.05) is 0 Å². The lowest BCUT2D eigenvalue weighted by atomic mass is 9.76. The van der Waals surface area contributed by atoms with Crippen LogP contribution in [0, 0.1) is 13.8 Å². The fraction of sp³-hybridized carbons (Fsp3) is 0.360. The molecule has 2 nitrogen and oxygen atoms in total. The second-order valence-electron chi connectivity index (χ2n) is 19.2. The Balaban J connectivity index is 1.62. The standard InChI is InChI=1S/C50H60O2P2/c1-31-23-33-19-15-17-21-35(33)25-43(31)51-53-45-39(27-37(47(3,4)5)29-41(45)49(9,10)11)40-28-38(48(6,7)8)30-42(50(12,13)14)46(40)54-52-44-26-36-22-18-16-20-34(36)24-32(44)2/h15-30,53-54H,1-14H3. The molecule has 0 aliphatic heterocycles. The van der Waals surface area contributed by atoms with Gasteiger partial charge in [-0.05, 0) is 138 Å². The van der Waals surface area contributed by atoms with Crippen LogP contribution >= 0.6 is 17.6 Å². The molecule has 6 aromatic rings. The van der Waals surface area contributed by atoms with E-state index in [1.54, 1.807) is 0 Å². The molecule has 282 valence electrons. The van der Waals surface area contributed by atoms with Crippen molar-refractivity contribution in [3.63, 3.8) is 0 Å². The maximum Gasteiger partial charge on any atom is 0.126 e. The van der Waals surface area contributed by atoms with Gasteiger partial charge in [0.1, 0.15) is 29.1 Å². The van der Waals surface area contributed by atoms with E-state index in [0.29, 0.717) is 0 Å². The van der Waals surface area contributed by atoms with Crippen LogP contribution in [0.25, 0.3) is 32.7 Å². The van der Waals surface area contributed by atoms with Crippen LogP contribution in [0.5, 0.6) is 11.5 Å². The fourth-order valence-electron chi connectivity index (χ4n) is 7.08. The van der Waals surface area contributed by atoms with E-state index in [-0.39, 0.29) is 39.3 Å². The predicted molar refractivity (Wildman–Crippen MR) is 241 cm³/mol. The molecule has 2 atom stereocenters. The number of aryl methyl sites for hydroxylation is 2. The number of benzene rings is 6. The quantitative estimate of drug-likeness (QED) is 0.151. The van der Waals surface area contributed by atoms with E-state index in [9.17, 15) is 0 Å². The molecule has 0 N–H and O–H groups in total. The first-order valence-electron chi connectivity index (χ1n) is 19.3. The predicted octanol–water partition coefficient (Wildman–Crippen LogP) is 14.1. The van der Waals surface area contributed by atoms with Gasteiger partial charge < -0.3 is 9.05 Å². The SMILES string of the molecule is Cc1cc2ccccc2cc1OPc1c(-c2cc(C(C)(C)C)cc(C(C)(C)C)c2POc2cc3ccccc3cc2C)cc(C(C)(C)C)cc1C(C)(C)C. The molecular formula is C50H60O2P2. The van der Waals surface area contributed by atoms with Crippen molar-refractivity contribution >= 4 is 49.8 Å². The fourth-order valence-corrected chi connectivity index (χ4v) is 9.69. The largest absolute Gasteiger partial charge is 0.472 e. The summed E-state index contributed by atoms with van der Waals surface area (Å²) in [5, 5.41) is 7.39. The Hall–Kier alpha value is -3.70. The van der Waals surface area contributed by atoms with E-state index in [2.05, 4.69) is 194 Å². The smallest absolute Gasteiger partial charge is 0.126 e. The second-order valence-corrected chi connectivity index (χ2v) is 21.0. The topological polar surface area (TPSA) is 18.5 Å². The molecule has 0 bridgehead atoms. The summed E-state index contributed by atoms with van der Waals surface area (Å²) in [4.78, 5) is 0. The third-order valence-corrected chi connectivity index (χ3v) is 12.7. The molecule has 0 aliphatic rings. The molecule has 0 heterocycles. The normalized spacial score (nSPS) is 13.2. The van der Waals surface area contributed by atoms with Crippen molar-refractivity contribution in [1.29, 1.82) is 0 Å². The monoisotopic (exact) mass is 754 g/mol. The maximum atomic E-state index is 6.97. The van der Waals surface area contributed by atoms with Crippen molar-refractivity contribution in [3.05, 3.63) is 130 Å². The minimum Gasteiger partial charge on any atom is -0.472 e. The van der Waals surface area contributed by atoms with Gasteiger partial charge in [0.05, 0.1) is 0 Å². The van der Waals surface area contributed by atoms with Crippen molar-refractivity contribution in [2.24, 2.45) is 0 Å². The number of fused-ring (bicyclic) bond motifs is 2. The molecule has 0 spiro atoms. The van der Waals surface area contributed by atoms with Crippen molar-refractivity contribution in [3.8, 4) is 22.6 Å². The summed E-state index contributed by atoms with van der Waals surface area (Å²) in [5.74, 6) is 1.88. The summed E-state index contributed by atoms with van der Waals surface area (Å²) >= 11 is 0. The van der Waals surface area contributed by atoms with Crippen molar-refractivity contribution in [1.82, 2.24) is 0 Å². The van der Waals surface area contributed by atoms with E-state index in [1.807, 2.05) is 0 Å². The molecule has 4 heteroatoms. The first kappa shape index (κ1) is 40.0. The average molecular weight is 755 g/mol. The van der Waals surface area contributed by atoms with Crippen LogP contribution in [0.2, 0.25) is 0 Å². The van der Waals surface area contributed by atoms with Gasteiger partial charge in [0.25, 0.3) is 0 Å². The van der Waals surface area contributed by atoms with Gasteiger partial charge in [0.15, 0.2) is 0 Å². The van der Waals surface area contributed by atoms with Gasteiger partial charge in [-0.3, -0.25) is 0 Å². The van der Waals surface area contributed by atoms with Crippen LogP contribution in [0.3, 0.4) is 0 Å². The van der Waals surface area contributed by atoms with E-state index in [0.717, 1.165) is 22.6 Å². The molecule has 0 fully saturated rings. The van der Waals surface area contributed by atoms with Gasteiger partial charge in [-0.15, -0.1) is 0 Å². The van der Waals surface area contributed by atoms with Gasteiger partial charge in [-0.25, -0.2) is 0 Å². The van der Waals surface area contributed by atoms with Crippen molar-refractivity contribution < 1.29 is 9.05 Å². The third kappa shape index (κ3) is 8.57. The molecule has 54 heavy (non-hydrogen) atoms. The van der Waals surface area contributed by atoms with Gasteiger partial charge in [-0.2, -0.15) is 0 Å². The Kier molecular flexibility index (Phi) is 10.9. The minimum atomic E-state index is -0.115. The number of rotatable bonds is 7. The molecule has 0 amide bonds. The Morgan fingerprint density at radius 2 is 0.704 bits per heavy atom. The summed E-state index contributed by atoms with van der Waals surface area (Å²) in [7, 11) is 0.227. The average Bonchev–Trinajstić information content (AvgIpc) is 3.07. The highest BCUT2D eigenvalue weighted by molar-refractivity contribution is 7.44. The summed E-state index contributed by atoms with van der Waals surface area (Å²) in [6, 6.07) is 35.9. The lowest BCUT2D eigenvalue weighted by molar-refractivity contribution is 0.568. The number of hydrogen-bond donors (Lipinski definition) is 0. The van der Waals surface area contributed by atoms with Gasteiger partial charge in [0, 0.05) is 10.6 Å². The van der Waals surface area contributed by atoms with Crippen LogP contribution in [0.4, 0.5) is 0 Å². The minimum absolute atomic E-state index is 0.0537. The summed E-state index contributed by atoms with van der Waals surface area (Å²) in [6.45, 7) is 32.3. The number of hydrogen-bond acceptors (Lipinski definition) is 2. The van der Waals surface area contributed by atoms with E-state index < -0.39 is 0 Å². The first-order chi connectivity index (χ1) is 25.1. The molecule has 6 rings (SSSR count). The molecule has 2 unspecified atom stereocenters. The van der Waals surface area contributed by atoms with Gasteiger partial charge in [-0.1, -0.05) is 144 Å². The molecule has 6 aromatic carbocycles. The van der Waals surface area contributed by atoms with Crippen LogP contribution in [-0.2, 0) is 21.7 Å². The van der Waals surface area contributed by atoms with E-state index in [4.69, 9.17) is 9.05 Å². The Labute approximate surface area is 329 Å². The highest BCUT2D eigenvalue weighted by Gasteiger charge is 2.31. The molecule has 0 aromatic heterocycles. The molecule has 0 saturated heterocycles. The van der Waals surface area contributed by atoms with Crippen molar-refractivity contribution in [2.45, 2.75) is 119 Å². The molecular weight excluding hydrogens is 694 g/mol. The third-order valence-electron chi connectivity index (χ3n) is 10.5. The van der Waals surface area contributed by atoms with E-state index >= 15 is 0 Å². The lowest BCUT2D eigenvalue weighted by Crippen LogP contribution is -2.28. The summed E-state index contributed by atoms with van der Waals surface area (Å²) in [5.41, 5.74) is 9.80. The second kappa shape index (κ2) is 14.8. The highest BCUT2D eigenvalue weighted by Crippen LogP contribution is 2.43. The molecule has 0 saturated carbocycles. The van der Waals surface area contributed by atoms with E-state index in [1.165, 1.54) is 65.5 Å². The Morgan fingerprint density at radius 1 is 0.389 bits per heavy atom. The van der Waals surface area contributed by atoms with Crippen LogP contribution < -0.4 is 19.7 Å². The maximum absolute atomic E-state index is 6.97. The Morgan fingerprint density at radius 3 is 1.00 bits per heavy atom.